The number of nitrogens with zero attached hydrogens (tertiary/aromatic N) is 2. The van der Waals surface area contributed by atoms with Gasteiger partial charge in [0.1, 0.15) is 17.9 Å². The molecule has 1 unspecified atom stereocenters. The van der Waals surface area contributed by atoms with Gasteiger partial charge >= 0.3 is 5.69 Å². The minimum atomic E-state index is -0.293. The molecule has 2 N–H and O–H groups in total. The van der Waals surface area contributed by atoms with Crippen LogP contribution in [0.4, 0.5) is 5.82 Å². The van der Waals surface area contributed by atoms with Crippen LogP contribution in [0.1, 0.15) is 12.0 Å². The quantitative estimate of drug-likeness (QED) is 0.614. The van der Waals surface area contributed by atoms with Gasteiger partial charge in [0.15, 0.2) is 6.67 Å². The number of nitrogens with one attached hydrogen (secondary N) is 2. The summed E-state index contributed by atoms with van der Waals surface area (Å²) in [4.78, 5) is 25.2. The van der Waals surface area contributed by atoms with E-state index in [-0.39, 0.29) is 11.2 Å². The lowest BCUT2D eigenvalue weighted by Crippen LogP contribution is -3.12. The van der Waals surface area contributed by atoms with Gasteiger partial charge in [-0.25, -0.2) is 4.79 Å². The van der Waals surface area contributed by atoms with Crippen LogP contribution in [0.3, 0.4) is 0 Å². The molecule has 2 heterocycles. The monoisotopic (exact) mass is 269 g/mol. The number of rotatable bonds is 4. The molecule has 1 aliphatic rings. The van der Waals surface area contributed by atoms with Crippen molar-refractivity contribution in [2.75, 3.05) is 32.2 Å². The van der Waals surface area contributed by atoms with E-state index in [0.717, 1.165) is 26.2 Å². The smallest absolute Gasteiger partial charge is 0.332 e. The molecular weight excluding hydrogens is 248 g/mol. The number of hydrogen-bond acceptors (Lipinski definition) is 4. The summed E-state index contributed by atoms with van der Waals surface area (Å²) >= 11 is 0. The Morgan fingerprint density at radius 1 is 1.32 bits per heavy atom. The number of methoxy groups -OCH3 is 1. The second-order valence-electron chi connectivity index (χ2n) is 4.91. The number of anilines is 1. The third-order valence-corrected chi connectivity index (χ3v) is 3.57. The van der Waals surface area contributed by atoms with Crippen LogP contribution < -0.4 is 21.5 Å². The lowest BCUT2D eigenvalue weighted by molar-refractivity contribution is -0.912. The first-order valence-electron chi connectivity index (χ1n) is 6.41. The zero-order chi connectivity index (χ0) is 14.0. The molecule has 0 radical (unpaired) electrons. The van der Waals surface area contributed by atoms with Crippen molar-refractivity contribution in [3.8, 4) is 0 Å². The Morgan fingerprint density at radius 2 is 2.05 bits per heavy atom. The van der Waals surface area contributed by atoms with E-state index in [1.54, 1.807) is 14.2 Å². The highest BCUT2D eigenvalue weighted by Gasteiger charge is 2.25. The molecule has 0 aliphatic carbocycles. The van der Waals surface area contributed by atoms with E-state index < -0.39 is 0 Å². The van der Waals surface area contributed by atoms with Crippen LogP contribution >= 0.6 is 0 Å². The molecule has 0 saturated carbocycles. The first-order chi connectivity index (χ1) is 9.06. The van der Waals surface area contributed by atoms with E-state index in [9.17, 15) is 9.59 Å². The van der Waals surface area contributed by atoms with Gasteiger partial charge in [-0.15, -0.1) is 0 Å². The molecule has 1 aromatic rings. The lowest BCUT2D eigenvalue weighted by Gasteiger charge is -2.27. The van der Waals surface area contributed by atoms with E-state index in [0.29, 0.717) is 17.9 Å². The van der Waals surface area contributed by atoms with E-state index >= 15 is 0 Å². The molecule has 0 spiro atoms. The fourth-order valence-electron chi connectivity index (χ4n) is 2.46. The van der Waals surface area contributed by atoms with Crippen LogP contribution in [0.5, 0.6) is 0 Å². The molecule has 1 aliphatic heterocycles. The molecule has 1 atom stereocenters. The van der Waals surface area contributed by atoms with Crippen LogP contribution in [-0.2, 0) is 25.4 Å². The minimum absolute atomic E-state index is 0.199. The van der Waals surface area contributed by atoms with Crippen molar-refractivity contribution in [1.29, 1.82) is 0 Å². The minimum Gasteiger partial charge on any atom is -0.384 e. The number of ether oxygens (including phenoxy) is 1. The molecular formula is C12H21N4O3+. The molecule has 7 heteroatoms. The van der Waals surface area contributed by atoms with E-state index in [4.69, 9.17) is 4.74 Å². The van der Waals surface area contributed by atoms with Crippen molar-refractivity contribution >= 4 is 5.82 Å². The van der Waals surface area contributed by atoms with Crippen LogP contribution in [0.25, 0.3) is 0 Å². The third kappa shape index (κ3) is 2.57. The summed E-state index contributed by atoms with van der Waals surface area (Å²) in [5, 5.41) is 3.19. The van der Waals surface area contributed by atoms with Gasteiger partial charge in [0.25, 0.3) is 5.56 Å². The van der Waals surface area contributed by atoms with Crippen molar-refractivity contribution in [3.63, 3.8) is 0 Å². The van der Waals surface area contributed by atoms with E-state index in [1.807, 2.05) is 0 Å². The summed E-state index contributed by atoms with van der Waals surface area (Å²) in [6.07, 6.45) is 0.953. The first kappa shape index (κ1) is 13.8. The summed E-state index contributed by atoms with van der Waals surface area (Å²) in [6.45, 7) is 3.03. The summed E-state index contributed by atoms with van der Waals surface area (Å²) in [5.41, 5.74) is 0.192. The Kier molecular flexibility index (Phi) is 4.06. The predicted molar refractivity (Wildman–Crippen MR) is 71.4 cm³/mol. The number of aromatic nitrogens is 2. The fourth-order valence-corrected chi connectivity index (χ4v) is 2.46. The number of fused-ring (bicyclic) bond motifs is 1. The normalized spacial score (nSPS) is 17.9. The standard InChI is InChI=1S/C12H20N4O3/c1-14-10-9(11(17)15(2)12(14)18)7-16(8-13-10)5-4-6-19-3/h13H,4-8H2,1-3H3/p+1. The average molecular weight is 269 g/mol. The maximum Gasteiger partial charge on any atom is 0.332 e. The van der Waals surface area contributed by atoms with Crippen LogP contribution in [0.2, 0.25) is 0 Å². The molecule has 0 saturated heterocycles. The predicted octanol–water partition coefficient (Wildman–Crippen LogP) is -2.11. The van der Waals surface area contributed by atoms with Crippen molar-refractivity contribution in [1.82, 2.24) is 9.13 Å². The van der Waals surface area contributed by atoms with Gasteiger partial charge in [-0.2, -0.15) is 0 Å². The Balaban J connectivity index is 2.26. The number of hydrogen-bond donors (Lipinski definition) is 2. The van der Waals surface area contributed by atoms with Gasteiger partial charge in [-0.05, 0) is 0 Å². The highest BCUT2D eigenvalue weighted by Crippen LogP contribution is 2.08. The molecule has 19 heavy (non-hydrogen) atoms. The largest absolute Gasteiger partial charge is 0.384 e. The zero-order valence-electron chi connectivity index (χ0n) is 11.7. The van der Waals surface area contributed by atoms with Crippen molar-refractivity contribution < 1.29 is 9.64 Å². The highest BCUT2D eigenvalue weighted by atomic mass is 16.5. The third-order valence-electron chi connectivity index (χ3n) is 3.57. The molecule has 0 bridgehead atoms. The van der Waals surface area contributed by atoms with Gasteiger partial charge in [0.05, 0.1) is 13.2 Å². The molecule has 1 aromatic heterocycles. The Hall–Kier alpha value is -1.60. The topological polar surface area (TPSA) is 69.7 Å². The van der Waals surface area contributed by atoms with Gasteiger partial charge in [-0.3, -0.25) is 13.9 Å². The molecule has 106 valence electrons. The van der Waals surface area contributed by atoms with Crippen LogP contribution in [0.15, 0.2) is 9.59 Å². The van der Waals surface area contributed by atoms with Crippen LogP contribution in [-0.4, -0.2) is 36.1 Å². The Labute approximate surface area is 111 Å². The second-order valence-corrected chi connectivity index (χ2v) is 4.91. The molecule has 0 amide bonds. The maximum atomic E-state index is 12.1. The zero-order valence-corrected chi connectivity index (χ0v) is 11.7. The van der Waals surface area contributed by atoms with Gasteiger partial charge in [0.2, 0.25) is 0 Å². The highest BCUT2D eigenvalue weighted by molar-refractivity contribution is 5.43. The molecule has 0 fully saturated rings. The number of quaternary nitrogens is 1. The van der Waals surface area contributed by atoms with Crippen molar-refractivity contribution in [2.24, 2.45) is 14.1 Å². The lowest BCUT2D eigenvalue weighted by atomic mass is 10.2. The summed E-state index contributed by atoms with van der Waals surface area (Å²) in [7, 11) is 4.89. The van der Waals surface area contributed by atoms with Crippen molar-refractivity contribution in [3.05, 3.63) is 26.4 Å². The first-order valence-corrected chi connectivity index (χ1v) is 6.41. The van der Waals surface area contributed by atoms with Crippen LogP contribution in [0, 0.1) is 0 Å². The molecule has 7 nitrogen and oxygen atoms in total. The summed E-state index contributed by atoms with van der Waals surface area (Å²) in [6, 6.07) is 0. The van der Waals surface area contributed by atoms with Gasteiger partial charge in [-0.1, -0.05) is 0 Å². The Morgan fingerprint density at radius 3 is 2.74 bits per heavy atom. The van der Waals surface area contributed by atoms with Gasteiger partial charge < -0.3 is 15.0 Å². The van der Waals surface area contributed by atoms with Gasteiger partial charge in [0, 0.05) is 27.6 Å². The maximum absolute atomic E-state index is 12.1. The SMILES string of the molecule is COCCC[NH+]1CNc2c(c(=O)n(C)c(=O)n2C)C1. The molecule has 2 rings (SSSR count). The molecule has 0 aromatic carbocycles. The van der Waals surface area contributed by atoms with Crippen molar-refractivity contribution in [2.45, 2.75) is 13.0 Å². The Bertz CT molecular complexity index is 576. The fraction of sp³-hybridized carbons (Fsp3) is 0.667. The van der Waals surface area contributed by atoms with E-state index in [1.165, 1.54) is 21.1 Å². The average Bonchev–Trinajstić information content (AvgIpc) is 2.43. The second kappa shape index (κ2) is 5.58. The van der Waals surface area contributed by atoms with E-state index in [2.05, 4.69) is 5.32 Å². The summed E-state index contributed by atoms with van der Waals surface area (Å²) < 4.78 is 7.70. The summed E-state index contributed by atoms with van der Waals surface area (Å²) in [5.74, 6) is 0.656.